The van der Waals surface area contributed by atoms with Gasteiger partial charge in [0, 0.05) is 13.1 Å². The fourth-order valence-corrected chi connectivity index (χ4v) is 4.93. The molecule has 19 heavy (non-hydrogen) atoms. The summed E-state index contributed by atoms with van der Waals surface area (Å²) in [6, 6.07) is 0. The molecule has 0 aliphatic carbocycles. The maximum absolute atomic E-state index is 12.5. The first-order chi connectivity index (χ1) is 9.03. The number of aromatic nitrogens is 1. The van der Waals surface area contributed by atoms with Gasteiger partial charge in [0.15, 0.2) is 9.90 Å². The molecule has 0 saturated carbocycles. The van der Waals surface area contributed by atoms with E-state index in [0.29, 0.717) is 13.1 Å². The first-order valence-corrected chi connectivity index (χ1v) is 8.52. The number of sulfonamides is 1. The van der Waals surface area contributed by atoms with Gasteiger partial charge in [0.05, 0.1) is 5.51 Å². The Morgan fingerprint density at radius 1 is 1.21 bits per heavy atom. The number of carboxylic acid groups (broad SMARTS) is 1. The molecule has 1 aliphatic rings. The molecule has 106 valence electrons. The van der Waals surface area contributed by atoms with Crippen LogP contribution >= 0.6 is 11.3 Å². The standard InChI is InChI=1S/C11H16N2O4S2/c14-10(15)9-11(18-8-12-9)19(16,17)13-6-4-2-1-3-5-7-13/h8H,1-7H2,(H,14,15). The number of hydrogen-bond donors (Lipinski definition) is 1. The lowest BCUT2D eigenvalue weighted by molar-refractivity contribution is 0.0687. The van der Waals surface area contributed by atoms with E-state index in [9.17, 15) is 13.2 Å². The molecule has 2 rings (SSSR count). The third kappa shape index (κ3) is 3.13. The lowest BCUT2D eigenvalue weighted by Crippen LogP contribution is -2.34. The summed E-state index contributed by atoms with van der Waals surface area (Å²) >= 11 is 0.869. The van der Waals surface area contributed by atoms with Gasteiger partial charge >= 0.3 is 5.97 Å². The minimum atomic E-state index is -3.73. The third-order valence-corrected chi connectivity index (χ3v) is 6.37. The van der Waals surface area contributed by atoms with Crippen LogP contribution in [-0.2, 0) is 10.0 Å². The van der Waals surface area contributed by atoms with Gasteiger partial charge in [-0.15, -0.1) is 11.3 Å². The molecule has 0 bridgehead atoms. The summed E-state index contributed by atoms with van der Waals surface area (Å²) in [7, 11) is -3.73. The van der Waals surface area contributed by atoms with Gasteiger partial charge in [0.2, 0.25) is 0 Å². The summed E-state index contributed by atoms with van der Waals surface area (Å²) in [4.78, 5) is 14.6. The second kappa shape index (κ2) is 5.98. The molecule has 1 saturated heterocycles. The number of rotatable bonds is 3. The van der Waals surface area contributed by atoms with Gasteiger partial charge in [0.25, 0.3) is 10.0 Å². The summed E-state index contributed by atoms with van der Waals surface area (Å²) in [6.45, 7) is 0.915. The Bertz CT molecular complexity index is 545. The summed E-state index contributed by atoms with van der Waals surface area (Å²) in [5, 5.41) is 8.98. The summed E-state index contributed by atoms with van der Waals surface area (Å²) in [5.74, 6) is -1.30. The van der Waals surface area contributed by atoms with Crippen LogP contribution in [0.1, 0.15) is 42.6 Å². The molecule has 1 aliphatic heterocycles. The highest BCUT2D eigenvalue weighted by Crippen LogP contribution is 2.26. The Kier molecular flexibility index (Phi) is 4.54. The van der Waals surface area contributed by atoms with E-state index in [4.69, 9.17) is 5.11 Å². The average molecular weight is 304 g/mol. The minimum absolute atomic E-state index is 0.152. The Labute approximate surface area is 116 Å². The molecule has 2 heterocycles. The van der Waals surface area contributed by atoms with Crippen molar-refractivity contribution in [1.82, 2.24) is 9.29 Å². The van der Waals surface area contributed by atoms with E-state index in [2.05, 4.69) is 4.98 Å². The SMILES string of the molecule is O=C(O)c1ncsc1S(=O)(=O)N1CCCCCCC1. The van der Waals surface area contributed by atoms with Crippen LogP contribution in [0.2, 0.25) is 0 Å². The topological polar surface area (TPSA) is 87.6 Å². The largest absolute Gasteiger partial charge is 0.476 e. The summed E-state index contributed by atoms with van der Waals surface area (Å²) in [6.07, 6.45) is 4.80. The summed E-state index contributed by atoms with van der Waals surface area (Å²) < 4.78 is 26.2. The van der Waals surface area contributed by atoms with E-state index < -0.39 is 16.0 Å². The second-order valence-corrected chi connectivity index (χ2v) is 7.45. The Hall–Kier alpha value is -0.990. The smallest absolute Gasteiger partial charge is 0.356 e. The highest BCUT2D eigenvalue weighted by Gasteiger charge is 2.31. The van der Waals surface area contributed by atoms with Gasteiger partial charge in [0.1, 0.15) is 0 Å². The number of thiazole rings is 1. The molecule has 1 fully saturated rings. The predicted octanol–water partition coefficient (Wildman–Crippen LogP) is 1.80. The second-order valence-electron chi connectivity index (χ2n) is 4.47. The van der Waals surface area contributed by atoms with Crippen LogP contribution in [0.4, 0.5) is 0 Å². The predicted molar refractivity (Wildman–Crippen MR) is 70.9 cm³/mol. The van der Waals surface area contributed by atoms with Crippen LogP contribution < -0.4 is 0 Å². The number of hydrogen-bond acceptors (Lipinski definition) is 5. The van der Waals surface area contributed by atoms with E-state index in [-0.39, 0.29) is 9.90 Å². The van der Waals surface area contributed by atoms with Crippen molar-refractivity contribution in [3.05, 3.63) is 11.2 Å². The van der Waals surface area contributed by atoms with Crippen LogP contribution in [-0.4, -0.2) is 41.9 Å². The first kappa shape index (κ1) is 14.4. The van der Waals surface area contributed by atoms with Crippen molar-refractivity contribution in [1.29, 1.82) is 0 Å². The number of nitrogens with zero attached hydrogens (tertiary/aromatic N) is 2. The van der Waals surface area contributed by atoms with Gasteiger partial charge in [-0.1, -0.05) is 19.3 Å². The zero-order chi connectivity index (χ0) is 13.9. The Balaban J connectivity index is 2.29. The van der Waals surface area contributed by atoms with Crippen LogP contribution in [0.25, 0.3) is 0 Å². The van der Waals surface area contributed by atoms with Crippen LogP contribution in [0.15, 0.2) is 9.72 Å². The van der Waals surface area contributed by atoms with Gasteiger partial charge < -0.3 is 5.11 Å². The number of carbonyl (C=O) groups is 1. The zero-order valence-corrected chi connectivity index (χ0v) is 12.0. The van der Waals surface area contributed by atoms with Crippen molar-refractivity contribution in [3.8, 4) is 0 Å². The molecular formula is C11H16N2O4S2. The van der Waals surface area contributed by atoms with Crippen molar-refractivity contribution in [2.45, 2.75) is 36.3 Å². The van der Waals surface area contributed by atoms with E-state index in [0.717, 1.165) is 43.4 Å². The molecular weight excluding hydrogens is 288 g/mol. The lowest BCUT2D eigenvalue weighted by Gasteiger charge is -2.23. The maximum Gasteiger partial charge on any atom is 0.356 e. The third-order valence-electron chi connectivity index (χ3n) is 3.13. The van der Waals surface area contributed by atoms with Crippen molar-refractivity contribution in [3.63, 3.8) is 0 Å². The van der Waals surface area contributed by atoms with E-state index in [1.165, 1.54) is 9.82 Å². The molecule has 1 aromatic heterocycles. The number of aromatic carboxylic acids is 1. The molecule has 0 spiro atoms. The molecule has 0 amide bonds. The molecule has 0 radical (unpaired) electrons. The minimum Gasteiger partial charge on any atom is -0.476 e. The van der Waals surface area contributed by atoms with Gasteiger partial charge in [-0.3, -0.25) is 0 Å². The van der Waals surface area contributed by atoms with Crippen molar-refractivity contribution < 1.29 is 18.3 Å². The Morgan fingerprint density at radius 2 is 1.79 bits per heavy atom. The summed E-state index contributed by atoms with van der Waals surface area (Å²) in [5.41, 5.74) is 0.896. The van der Waals surface area contributed by atoms with Crippen LogP contribution in [0.3, 0.4) is 0 Å². The highest BCUT2D eigenvalue weighted by atomic mass is 32.2. The molecule has 1 aromatic rings. The van der Waals surface area contributed by atoms with Crippen LogP contribution in [0.5, 0.6) is 0 Å². The van der Waals surface area contributed by atoms with E-state index in [1.54, 1.807) is 0 Å². The average Bonchev–Trinajstić information content (AvgIpc) is 2.77. The lowest BCUT2D eigenvalue weighted by atomic mass is 10.1. The van der Waals surface area contributed by atoms with Gasteiger partial charge in [-0.05, 0) is 12.8 Å². The van der Waals surface area contributed by atoms with Crippen LogP contribution in [0, 0.1) is 0 Å². The normalized spacial score (nSPS) is 18.7. The molecule has 0 aromatic carbocycles. The molecule has 0 atom stereocenters. The van der Waals surface area contributed by atoms with Gasteiger partial charge in [-0.25, -0.2) is 18.2 Å². The molecule has 8 heteroatoms. The van der Waals surface area contributed by atoms with Crippen molar-refractivity contribution >= 4 is 27.3 Å². The van der Waals surface area contributed by atoms with E-state index >= 15 is 0 Å². The highest BCUT2D eigenvalue weighted by molar-refractivity contribution is 7.91. The first-order valence-electron chi connectivity index (χ1n) is 6.20. The fourth-order valence-electron chi connectivity index (χ4n) is 2.14. The van der Waals surface area contributed by atoms with Crippen molar-refractivity contribution in [2.75, 3.05) is 13.1 Å². The molecule has 0 unspecified atom stereocenters. The van der Waals surface area contributed by atoms with Crippen molar-refractivity contribution in [2.24, 2.45) is 0 Å². The molecule has 1 N–H and O–H groups in total. The Morgan fingerprint density at radius 3 is 2.37 bits per heavy atom. The zero-order valence-electron chi connectivity index (χ0n) is 10.4. The quantitative estimate of drug-likeness (QED) is 0.920. The molecule has 6 nitrogen and oxygen atoms in total. The monoisotopic (exact) mass is 304 g/mol. The number of carboxylic acids is 1. The van der Waals surface area contributed by atoms with Gasteiger partial charge in [-0.2, -0.15) is 4.31 Å². The van der Waals surface area contributed by atoms with E-state index in [1.807, 2.05) is 0 Å². The maximum atomic E-state index is 12.5. The fraction of sp³-hybridized carbons (Fsp3) is 0.636.